The number of aromatic nitrogens is 1. The van der Waals surface area contributed by atoms with Gasteiger partial charge < -0.3 is 41.4 Å². The Labute approximate surface area is 165 Å². The topological polar surface area (TPSA) is 72.2 Å². The van der Waals surface area contributed by atoms with Gasteiger partial charge in [-0.1, -0.05) is 0 Å². The van der Waals surface area contributed by atoms with E-state index in [9.17, 15) is 10.2 Å². The third-order valence-electron chi connectivity index (χ3n) is 4.62. The van der Waals surface area contributed by atoms with E-state index < -0.39 is 0 Å². The van der Waals surface area contributed by atoms with E-state index in [1.807, 2.05) is 28.8 Å². The van der Waals surface area contributed by atoms with Crippen molar-refractivity contribution in [1.82, 2.24) is 0 Å². The fraction of sp³-hybridized carbons (Fsp3) is 0.150. The number of benzene rings is 2. The second-order valence-corrected chi connectivity index (χ2v) is 5.92. The minimum absolute atomic E-state index is 0. The minimum atomic E-state index is 0. The Kier molecular flexibility index (Phi) is 4.89. The first-order valence-corrected chi connectivity index (χ1v) is 8.00. The summed E-state index contributed by atoms with van der Waals surface area (Å²) in [4.78, 5) is 0. The Bertz CT molecular complexity index is 1180. The summed E-state index contributed by atoms with van der Waals surface area (Å²) in [5, 5.41) is 23.9. The number of methoxy groups -OCH3 is 3. The van der Waals surface area contributed by atoms with Gasteiger partial charge in [0.25, 0.3) is 0 Å². The molecular weight excluding hydrogens is 414 g/mol. The molecule has 2 heterocycles. The largest absolute Gasteiger partial charge is 1.00 e. The van der Waals surface area contributed by atoms with Crippen LogP contribution in [0.3, 0.4) is 0 Å². The Morgan fingerprint density at radius 1 is 0.852 bits per heavy atom. The molecule has 0 bridgehead atoms. The lowest BCUT2D eigenvalue weighted by Gasteiger charge is -2.12. The highest BCUT2D eigenvalue weighted by Crippen LogP contribution is 2.42. The number of phenols is 2. The van der Waals surface area contributed by atoms with Crippen molar-refractivity contribution in [1.29, 1.82) is 0 Å². The highest BCUT2D eigenvalue weighted by atomic mass is 79.9. The van der Waals surface area contributed by atoms with Crippen molar-refractivity contribution in [2.45, 2.75) is 0 Å². The van der Waals surface area contributed by atoms with E-state index in [-0.39, 0.29) is 28.5 Å². The number of ether oxygens (including phenoxy) is 3. The van der Waals surface area contributed by atoms with Crippen LogP contribution in [-0.4, -0.2) is 31.5 Å². The second-order valence-electron chi connectivity index (χ2n) is 5.92. The zero-order chi connectivity index (χ0) is 18.4. The first kappa shape index (κ1) is 18.8. The molecule has 0 radical (unpaired) electrons. The van der Waals surface area contributed by atoms with E-state index in [0.29, 0.717) is 28.0 Å². The van der Waals surface area contributed by atoms with Crippen LogP contribution >= 0.6 is 0 Å². The summed E-state index contributed by atoms with van der Waals surface area (Å²) in [7, 11) is 4.61. The van der Waals surface area contributed by atoms with Gasteiger partial charge in [0.2, 0.25) is 5.52 Å². The number of pyridine rings is 2. The van der Waals surface area contributed by atoms with Crippen LogP contribution in [0.4, 0.5) is 0 Å². The number of nitrogens with zero attached hydrogens (tertiary/aromatic N) is 1. The molecule has 0 amide bonds. The summed E-state index contributed by atoms with van der Waals surface area (Å²) >= 11 is 0. The molecule has 0 saturated carbocycles. The summed E-state index contributed by atoms with van der Waals surface area (Å²) in [5.41, 5.74) is 0.776. The Hall–Kier alpha value is -2.93. The summed E-state index contributed by atoms with van der Waals surface area (Å²) in [6, 6.07) is 8.86. The van der Waals surface area contributed by atoms with Crippen molar-refractivity contribution in [3.05, 3.63) is 42.7 Å². The molecule has 0 spiro atoms. The molecule has 140 valence electrons. The van der Waals surface area contributed by atoms with Gasteiger partial charge in [-0.25, -0.2) is 0 Å². The van der Waals surface area contributed by atoms with Gasteiger partial charge >= 0.3 is 0 Å². The van der Waals surface area contributed by atoms with Crippen LogP contribution in [0.1, 0.15) is 0 Å². The normalized spacial score (nSPS) is 10.8. The molecule has 0 aliphatic heterocycles. The molecule has 4 aromatic rings. The van der Waals surface area contributed by atoms with E-state index in [0.717, 1.165) is 16.3 Å². The Balaban J connectivity index is 0.00000210. The molecule has 0 unspecified atom stereocenters. The lowest BCUT2D eigenvalue weighted by Crippen LogP contribution is -3.00. The summed E-state index contributed by atoms with van der Waals surface area (Å²) < 4.78 is 17.8. The first-order chi connectivity index (χ1) is 12.6. The molecule has 0 aliphatic carbocycles. The Morgan fingerprint density at radius 2 is 1.59 bits per heavy atom. The predicted octanol–water partition coefficient (Wildman–Crippen LogP) is 0.173. The molecule has 0 saturated heterocycles. The van der Waals surface area contributed by atoms with Crippen LogP contribution in [0.15, 0.2) is 42.7 Å². The van der Waals surface area contributed by atoms with Gasteiger partial charge in [-0.15, -0.1) is 0 Å². The average molecular weight is 432 g/mol. The van der Waals surface area contributed by atoms with Gasteiger partial charge in [0.1, 0.15) is 5.75 Å². The molecule has 0 atom stereocenters. The predicted molar refractivity (Wildman–Crippen MR) is 97.6 cm³/mol. The maximum absolute atomic E-state index is 10.6. The first-order valence-electron chi connectivity index (χ1n) is 8.00. The number of aromatic hydroxyl groups is 2. The average Bonchev–Trinajstić information content (AvgIpc) is 2.66. The molecule has 2 N–H and O–H groups in total. The zero-order valence-electron chi connectivity index (χ0n) is 15.0. The van der Waals surface area contributed by atoms with Crippen molar-refractivity contribution in [3.63, 3.8) is 0 Å². The van der Waals surface area contributed by atoms with Crippen molar-refractivity contribution >= 4 is 27.1 Å². The lowest BCUT2D eigenvalue weighted by atomic mass is 10.0. The summed E-state index contributed by atoms with van der Waals surface area (Å²) in [6.45, 7) is 0. The van der Waals surface area contributed by atoms with Gasteiger partial charge in [0.15, 0.2) is 35.4 Å². The third-order valence-corrected chi connectivity index (χ3v) is 4.62. The van der Waals surface area contributed by atoms with Gasteiger partial charge in [0.05, 0.1) is 32.1 Å². The van der Waals surface area contributed by atoms with Crippen molar-refractivity contribution in [2.75, 3.05) is 21.3 Å². The monoisotopic (exact) mass is 431 g/mol. The van der Waals surface area contributed by atoms with E-state index in [4.69, 9.17) is 14.2 Å². The SMILES string of the molecule is COc1ccc2cc3c4c(O)cc(OC)c(OC)c4cc[n+]3cc2c1O.[Br-]. The van der Waals surface area contributed by atoms with Crippen LogP contribution < -0.4 is 35.6 Å². The van der Waals surface area contributed by atoms with Gasteiger partial charge in [0, 0.05) is 23.6 Å². The van der Waals surface area contributed by atoms with Gasteiger partial charge in [-0.05, 0) is 17.5 Å². The Morgan fingerprint density at radius 3 is 2.26 bits per heavy atom. The van der Waals surface area contributed by atoms with E-state index >= 15 is 0 Å². The van der Waals surface area contributed by atoms with Crippen LogP contribution in [0, 0.1) is 0 Å². The summed E-state index contributed by atoms with van der Waals surface area (Å²) in [6.07, 6.45) is 3.65. The molecule has 0 fully saturated rings. The number of rotatable bonds is 3. The number of phenolic OH excluding ortho intramolecular Hbond substituents is 2. The van der Waals surface area contributed by atoms with Crippen molar-refractivity contribution in [2.24, 2.45) is 0 Å². The molecule has 0 aliphatic rings. The molecule has 7 heteroatoms. The smallest absolute Gasteiger partial charge is 0.223 e. The van der Waals surface area contributed by atoms with Crippen LogP contribution in [0.25, 0.3) is 27.1 Å². The highest BCUT2D eigenvalue weighted by Gasteiger charge is 2.21. The standard InChI is InChI=1S/C20H17NO5.BrH/c1-24-16-5-4-11-8-14-18-12(6-7-21(14)10-13(11)19(16)23)20(26-3)17(25-2)9-15(18)22;/h4-10H,1-3H3,(H,22,23);1H. The van der Waals surface area contributed by atoms with E-state index in [2.05, 4.69) is 0 Å². The van der Waals surface area contributed by atoms with Crippen molar-refractivity contribution in [3.8, 4) is 28.7 Å². The third kappa shape index (κ3) is 2.75. The number of hydrogen-bond donors (Lipinski definition) is 2. The van der Waals surface area contributed by atoms with Gasteiger partial charge in [-0.3, -0.25) is 0 Å². The number of hydrogen-bond acceptors (Lipinski definition) is 5. The quantitative estimate of drug-likeness (QED) is 0.275. The van der Waals surface area contributed by atoms with Crippen LogP contribution in [0.5, 0.6) is 28.7 Å². The molecule has 2 aromatic carbocycles. The molecule has 2 aromatic heterocycles. The second kappa shape index (κ2) is 7.00. The summed E-state index contributed by atoms with van der Waals surface area (Å²) in [5.74, 6) is 1.60. The highest BCUT2D eigenvalue weighted by molar-refractivity contribution is 6.05. The minimum Gasteiger partial charge on any atom is -1.00 e. The molecule has 27 heavy (non-hydrogen) atoms. The zero-order valence-corrected chi connectivity index (χ0v) is 16.6. The number of fused-ring (bicyclic) bond motifs is 4. The van der Waals surface area contributed by atoms with E-state index in [1.165, 1.54) is 20.3 Å². The molecular formula is C20H18BrNO5. The maximum atomic E-state index is 10.6. The maximum Gasteiger partial charge on any atom is 0.223 e. The molecule has 6 nitrogen and oxygen atoms in total. The fourth-order valence-electron chi connectivity index (χ4n) is 3.38. The fourth-order valence-corrected chi connectivity index (χ4v) is 3.38. The van der Waals surface area contributed by atoms with E-state index in [1.54, 1.807) is 19.4 Å². The number of halogens is 1. The van der Waals surface area contributed by atoms with Gasteiger partial charge in [-0.2, -0.15) is 4.40 Å². The van der Waals surface area contributed by atoms with Crippen molar-refractivity contribution < 1.29 is 45.8 Å². The van der Waals surface area contributed by atoms with Crippen LogP contribution in [0.2, 0.25) is 0 Å². The lowest BCUT2D eigenvalue weighted by molar-refractivity contribution is -0.509. The van der Waals surface area contributed by atoms with Crippen LogP contribution in [-0.2, 0) is 0 Å². The molecule has 4 rings (SSSR count).